The SMILES string of the molecule is O=C1C(Nc2ccccc2)=C(c2ccc([N+](=O)[O-])cc2)C(=O)N1c1ccc(F)cc1. The highest BCUT2D eigenvalue weighted by Crippen LogP contribution is 2.34. The third-order valence-electron chi connectivity index (χ3n) is 4.58. The lowest BCUT2D eigenvalue weighted by atomic mass is 10.0. The third kappa shape index (κ3) is 3.42. The summed E-state index contributed by atoms with van der Waals surface area (Å²) in [6.45, 7) is 0. The molecule has 0 saturated carbocycles. The molecule has 0 spiro atoms. The summed E-state index contributed by atoms with van der Waals surface area (Å²) in [5.41, 5.74) is 1.13. The summed E-state index contributed by atoms with van der Waals surface area (Å²) in [6.07, 6.45) is 0. The minimum absolute atomic E-state index is 0.0318. The van der Waals surface area contributed by atoms with Gasteiger partial charge in [0.15, 0.2) is 0 Å². The molecule has 0 unspecified atom stereocenters. The van der Waals surface area contributed by atoms with Crippen LogP contribution >= 0.6 is 0 Å². The van der Waals surface area contributed by atoms with Crippen molar-refractivity contribution in [1.29, 1.82) is 0 Å². The summed E-state index contributed by atoms with van der Waals surface area (Å²) in [4.78, 5) is 37.7. The zero-order chi connectivity index (χ0) is 21.3. The summed E-state index contributed by atoms with van der Waals surface area (Å²) in [7, 11) is 0. The molecule has 148 valence electrons. The number of hydrogen-bond acceptors (Lipinski definition) is 5. The number of rotatable bonds is 5. The Labute approximate surface area is 170 Å². The Morgan fingerprint density at radius 1 is 0.833 bits per heavy atom. The Bertz CT molecular complexity index is 1170. The second-order valence-corrected chi connectivity index (χ2v) is 6.47. The van der Waals surface area contributed by atoms with Crippen molar-refractivity contribution >= 4 is 34.4 Å². The van der Waals surface area contributed by atoms with E-state index in [2.05, 4.69) is 5.32 Å². The number of benzene rings is 3. The maximum absolute atomic E-state index is 13.3. The van der Waals surface area contributed by atoms with E-state index in [9.17, 15) is 24.1 Å². The van der Waals surface area contributed by atoms with Crippen molar-refractivity contribution in [2.45, 2.75) is 0 Å². The molecule has 8 heteroatoms. The number of nitro groups is 1. The number of carbonyl (C=O) groups excluding carboxylic acids is 2. The largest absolute Gasteiger partial charge is 0.350 e. The summed E-state index contributed by atoms with van der Waals surface area (Å²) in [6, 6.07) is 19.2. The van der Waals surface area contributed by atoms with Crippen molar-refractivity contribution in [3.8, 4) is 0 Å². The molecule has 3 aromatic rings. The Hall–Kier alpha value is -4.33. The number of nitro benzene ring substituents is 1. The van der Waals surface area contributed by atoms with Crippen LogP contribution in [0.2, 0.25) is 0 Å². The van der Waals surface area contributed by atoms with Gasteiger partial charge in [0, 0.05) is 17.8 Å². The average molecular weight is 403 g/mol. The van der Waals surface area contributed by atoms with Crippen LogP contribution in [-0.4, -0.2) is 16.7 Å². The van der Waals surface area contributed by atoms with E-state index in [0.29, 0.717) is 11.3 Å². The smallest absolute Gasteiger partial charge is 0.282 e. The van der Waals surface area contributed by atoms with Gasteiger partial charge in [0.2, 0.25) is 0 Å². The monoisotopic (exact) mass is 403 g/mol. The van der Waals surface area contributed by atoms with Gasteiger partial charge in [-0.05, 0) is 54.1 Å². The van der Waals surface area contributed by atoms with Gasteiger partial charge in [-0.15, -0.1) is 0 Å². The van der Waals surface area contributed by atoms with Gasteiger partial charge in [-0.25, -0.2) is 9.29 Å². The van der Waals surface area contributed by atoms with Crippen LogP contribution in [0.25, 0.3) is 5.57 Å². The van der Waals surface area contributed by atoms with Crippen LogP contribution in [0.3, 0.4) is 0 Å². The number of amides is 2. The van der Waals surface area contributed by atoms with Crippen LogP contribution in [0.4, 0.5) is 21.5 Å². The number of nitrogens with zero attached hydrogens (tertiary/aromatic N) is 2. The molecule has 1 heterocycles. The van der Waals surface area contributed by atoms with Crippen LogP contribution in [0.5, 0.6) is 0 Å². The van der Waals surface area contributed by atoms with E-state index in [1.165, 1.54) is 36.4 Å². The molecule has 1 N–H and O–H groups in total. The lowest BCUT2D eigenvalue weighted by Gasteiger charge is -2.15. The van der Waals surface area contributed by atoms with E-state index in [1.807, 2.05) is 6.07 Å². The Morgan fingerprint density at radius 3 is 2.07 bits per heavy atom. The maximum Gasteiger partial charge on any atom is 0.282 e. The molecule has 0 bridgehead atoms. The van der Waals surface area contributed by atoms with Gasteiger partial charge in [-0.3, -0.25) is 19.7 Å². The number of carbonyl (C=O) groups is 2. The van der Waals surface area contributed by atoms with Crippen LogP contribution in [0, 0.1) is 15.9 Å². The third-order valence-corrected chi connectivity index (χ3v) is 4.58. The Morgan fingerprint density at radius 2 is 1.47 bits per heavy atom. The first-order chi connectivity index (χ1) is 14.5. The fourth-order valence-corrected chi connectivity index (χ4v) is 3.15. The van der Waals surface area contributed by atoms with Crippen molar-refractivity contribution in [2.75, 3.05) is 10.2 Å². The molecule has 1 aliphatic rings. The summed E-state index contributed by atoms with van der Waals surface area (Å²) in [5, 5.41) is 13.9. The van der Waals surface area contributed by atoms with E-state index in [4.69, 9.17) is 0 Å². The molecule has 0 atom stereocenters. The van der Waals surface area contributed by atoms with E-state index < -0.39 is 22.6 Å². The van der Waals surface area contributed by atoms with Gasteiger partial charge in [0.25, 0.3) is 17.5 Å². The Kier molecular flexibility index (Phi) is 4.81. The highest BCUT2D eigenvalue weighted by molar-refractivity contribution is 6.46. The summed E-state index contributed by atoms with van der Waals surface area (Å²) >= 11 is 0. The fourth-order valence-electron chi connectivity index (χ4n) is 3.15. The van der Waals surface area contributed by atoms with Crippen LogP contribution in [0.15, 0.2) is 84.6 Å². The first-order valence-electron chi connectivity index (χ1n) is 8.91. The number of imide groups is 1. The predicted molar refractivity (Wildman–Crippen MR) is 109 cm³/mol. The number of non-ortho nitro benzene ring substituents is 1. The van der Waals surface area contributed by atoms with Crippen molar-refractivity contribution in [3.63, 3.8) is 0 Å². The average Bonchev–Trinajstić information content (AvgIpc) is 2.99. The lowest BCUT2D eigenvalue weighted by Crippen LogP contribution is -2.32. The highest BCUT2D eigenvalue weighted by atomic mass is 19.1. The fraction of sp³-hybridized carbons (Fsp3) is 0. The molecule has 4 rings (SSSR count). The van der Waals surface area contributed by atoms with Crippen LogP contribution < -0.4 is 10.2 Å². The van der Waals surface area contributed by atoms with E-state index in [1.54, 1.807) is 24.3 Å². The second-order valence-electron chi connectivity index (χ2n) is 6.47. The topological polar surface area (TPSA) is 92.5 Å². The number of hydrogen-bond donors (Lipinski definition) is 1. The number of anilines is 2. The molecular formula is C22H14FN3O4. The first kappa shape index (κ1) is 19.0. The normalized spacial score (nSPS) is 13.7. The maximum atomic E-state index is 13.3. The van der Waals surface area contributed by atoms with Crippen molar-refractivity contribution < 1.29 is 18.9 Å². The van der Waals surface area contributed by atoms with Gasteiger partial charge >= 0.3 is 0 Å². The zero-order valence-corrected chi connectivity index (χ0v) is 15.4. The molecule has 30 heavy (non-hydrogen) atoms. The second kappa shape index (κ2) is 7.59. The molecular weight excluding hydrogens is 389 g/mol. The Balaban J connectivity index is 1.81. The van der Waals surface area contributed by atoms with E-state index >= 15 is 0 Å². The minimum atomic E-state index is -0.612. The molecule has 3 aromatic carbocycles. The highest BCUT2D eigenvalue weighted by Gasteiger charge is 2.40. The minimum Gasteiger partial charge on any atom is -0.350 e. The molecule has 1 aliphatic heterocycles. The summed E-state index contributed by atoms with van der Waals surface area (Å²) in [5.74, 6) is -1.72. The molecule has 0 radical (unpaired) electrons. The number of para-hydroxylation sites is 1. The predicted octanol–water partition coefficient (Wildman–Crippen LogP) is 4.13. The van der Waals surface area contributed by atoms with Gasteiger partial charge in [0.05, 0.1) is 16.2 Å². The molecule has 0 fully saturated rings. The van der Waals surface area contributed by atoms with Crippen molar-refractivity contribution in [3.05, 3.63) is 106 Å². The standard InChI is InChI=1S/C22H14FN3O4/c23-15-8-12-17(13-9-15)25-21(27)19(14-6-10-18(11-7-14)26(29)30)20(22(25)28)24-16-4-2-1-3-5-16/h1-13,24H. The molecule has 2 amide bonds. The quantitative estimate of drug-likeness (QED) is 0.393. The number of halogens is 1. The van der Waals surface area contributed by atoms with E-state index in [0.717, 1.165) is 17.0 Å². The van der Waals surface area contributed by atoms with Crippen LogP contribution in [0.1, 0.15) is 5.56 Å². The van der Waals surface area contributed by atoms with Gasteiger partial charge in [0.1, 0.15) is 11.5 Å². The first-order valence-corrected chi connectivity index (χ1v) is 8.91. The van der Waals surface area contributed by atoms with Crippen molar-refractivity contribution in [2.24, 2.45) is 0 Å². The zero-order valence-electron chi connectivity index (χ0n) is 15.4. The molecule has 0 saturated heterocycles. The van der Waals surface area contributed by atoms with Gasteiger partial charge < -0.3 is 5.32 Å². The molecule has 7 nitrogen and oxygen atoms in total. The molecule has 0 aromatic heterocycles. The van der Waals surface area contributed by atoms with Gasteiger partial charge in [-0.1, -0.05) is 18.2 Å². The van der Waals surface area contributed by atoms with Gasteiger partial charge in [-0.2, -0.15) is 0 Å². The lowest BCUT2D eigenvalue weighted by molar-refractivity contribution is -0.384. The van der Waals surface area contributed by atoms with E-state index in [-0.39, 0.29) is 22.6 Å². The number of nitrogens with one attached hydrogen (secondary N) is 1. The summed E-state index contributed by atoms with van der Waals surface area (Å²) < 4.78 is 13.3. The van der Waals surface area contributed by atoms with Crippen molar-refractivity contribution in [1.82, 2.24) is 0 Å². The van der Waals surface area contributed by atoms with Crippen LogP contribution in [-0.2, 0) is 9.59 Å². The molecule has 0 aliphatic carbocycles.